The predicted octanol–water partition coefficient (Wildman–Crippen LogP) is 2.06. The van der Waals surface area contributed by atoms with Crippen LogP contribution in [0.3, 0.4) is 0 Å². The summed E-state index contributed by atoms with van der Waals surface area (Å²) in [5, 5.41) is 24.0. The average molecular weight is 263 g/mol. The van der Waals surface area contributed by atoms with Crippen molar-refractivity contribution in [3.8, 4) is 0 Å². The van der Waals surface area contributed by atoms with Crippen molar-refractivity contribution in [2.24, 2.45) is 0 Å². The molecule has 0 aliphatic heterocycles. The van der Waals surface area contributed by atoms with Crippen LogP contribution in [0.2, 0.25) is 0 Å². The lowest BCUT2D eigenvalue weighted by atomic mass is 10.1. The highest BCUT2D eigenvalue weighted by atomic mass is 32.1. The van der Waals surface area contributed by atoms with Gasteiger partial charge in [0.25, 0.3) is 0 Å². The Balaban J connectivity index is 1.77. The molecule has 1 atom stereocenters. The van der Waals surface area contributed by atoms with Crippen molar-refractivity contribution >= 4 is 11.3 Å². The van der Waals surface area contributed by atoms with Gasteiger partial charge in [-0.3, -0.25) is 0 Å². The summed E-state index contributed by atoms with van der Waals surface area (Å²) in [7, 11) is 0. The number of aliphatic hydroxyl groups excluding tert-OH is 2. The normalized spacial score (nSPS) is 12.6. The molecule has 0 spiro atoms. The highest BCUT2D eigenvalue weighted by Crippen LogP contribution is 2.17. The van der Waals surface area contributed by atoms with E-state index in [1.54, 1.807) is 11.3 Å². The van der Waals surface area contributed by atoms with Crippen molar-refractivity contribution in [3.63, 3.8) is 0 Å². The minimum absolute atomic E-state index is 0.0742. The lowest BCUT2D eigenvalue weighted by Gasteiger charge is -2.10. The molecule has 0 saturated heterocycles. The summed E-state index contributed by atoms with van der Waals surface area (Å²) >= 11 is 1.56. The zero-order chi connectivity index (χ0) is 12.8. The van der Waals surface area contributed by atoms with E-state index < -0.39 is 6.10 Å². The lowest BCUT2D eigenvalue weighted by molar-refractivity contribution is 0.178. The SMILES string of the molecule is OCc1ccc(CNCC(O)c2cccs2)cc1. The van der Waals surface area contributed by atoms with E-state index in [0.717, 1.165) is 16.0 Å². The largest absolute Gasteiger partial charge is 0.392 e. The summed E-state index contributed by atoms with van der Waals surface area (Å²) in [6.45, 7) is 1.33. The fourth-order valence-electron chi connectivity index (χ4n) is 1.70. The molecule has 3 N–H and O–H groups in total. The van der Waals surface area contributed by atoms with Gasteiger partial charge in [0.15, 0.2) is 0 Å². The van der Waals surface area contributed by atoms with Crippen LogP contribution < -0.4 is 5.32 Å². The number of hydrogen-bond acceptors (Lipinski definition) is 4. The topological polar surface area (TPSA) is 52.5 Å². The number of benzene rings is 1. The first-order valence-electron chi connectivity index (χ1n) is 5.90. The summed E-state index contributed by atoms with van der Waals surface area (Å²) in [5.74, 6) is 0. The Morgan fingerprint density at radius 2 is 1.83 bits per heavy atom. The van der Waals surface area contributed by atoms with Gasteiger partial charge in [-0.1, -0.05) is 30.3 Å². The van der Waals surface area contributed by atoms with Gasteiger partial charge in [-0.05, 0) is 22.6 Å². The van der Waals surface area contributed by atoms with Crippen LogP contribution in [0.25, 0.3) is 0 Å². The smallest absolute Gasteiger partial charge is 0.101 e. The third-order valence-corrected chi connectivity index (χ3v) is 3.72. The molecule has 1 aromatic carbocycles. The second-order valence-electron chi connectivity index (χ2n) is 4.14. The Labute approximate surface area is 111 Å². The molecule has 0 fully saturated rings. The van der Waals surface area contributed by atoms with Crippen molar-refractivity contribution in [3.05, 3.63) is 57.8 Å². The standard InChI is InChI=1S/C14H17NO2S/c16-10-12-5-3-11(4-6-12)8-15-9-13(17)14-2-1-7-18-14/h1-7,13,15-17H,8-10H2. The Hall–Kier alpha value is -1.20. The number of nitrogens with one attached hydrogen (secondary N) is 1. The van der Waals surface area contributed by atoms with Crippen LogP contribution in [0.1, 0.15) is 22.1 Å². The van der Waals surface area contributed by atoms with Gasteiger partial charge >= 0.3 is 0 Å². The molecule has 0 amide bonds. The van der Waals surface area contributed by atoms with E-state index in [4.69, 9.17) is 5.11 Å². The molecule has 4 heteroatoms. The summed E-state index contributed by atoms with van der Waals surface area (Å²) in [6, 6.07) is 11.7. The van der Waals surface area contributed by atoms with Crippen LogP contribution in [0.5, 0.6) is 0 Å². The summed E-state index contributed by atoms with van der Waals surface area (Å²) in [6.07, 6.45) is -0.443. The molecule has 0 bridgehead atoms. The number of aliphatic hydroxyl groups is 2. The number of rotatable bonds is 6. The molecule has 18 heavy (non-hydrogen) atoms. The van der Waals surface area contributed by atoms with Gasteiger partial charge in [0.05, 0.1) is 6.61 Å². The molecule has 2 rings (SSSR count). The van der Waals surface area contributed by atoms with Gasteiger partial charge in [-0.15, -0.1) is 11.3 Å². The van der Waals surface area contributed by atoms with Crippen LogP contribution in [0, 0.1) is 0 Å². The average Bonchev–Trinajstić information content (AvgIpc) is 2.93. The van der Waals surface area contributed by atoms with Crippen molar-refractivity contribution in [2.75, 3.05) is 6.54 Å². The van der Waals surface area contributed by atoms with Gasteiger partial charge in [-0.2, -0.15) is 0 Å². The lowest BCUT2D eigenvalue weighted by Crippen LogP contribution is -2.20. The van der Waals surface area contributed by atoms with Crippen molar-refractivity contribution in [1.29, 1.82) is 0 Å². The maximum absolute atomic E-state index is 9.88. The second kappa shape index (κ2) is 6.66. The summed E-state index contributed by atoms with van der Waals surface area (Å²) in [4.78, 5) is 0.984. The molecule has 1 heterocycles. The van der Waals surface area contributed by atoms with E-state index in [0.29, 0.717) is 13.1 Å². The van der Waals surface area contributed by atoms with Gasteiger partial charge in [0.1, 0.15) is 6.10 Å². The minimum atomic E-state index is -0.443. The van der Waals surface area contributed by atoms with E-state index in [2.05, 4.69) is 5.32 Å². The molecule has 0 saturated carbocycles. The third-order valence-electron chi connectivity index (χ3n) is 2.74. The molecule has 1 unspecified atom stereocenters. The fourth-order valence-corrected chi connectivity index (χ4v) is 2.41. The minimum Gasteiger partial charge on any atom is -0.392 e. The quantitative estimate of drug-likeness (QED) is 0.748. The molecule has 3 nitrogen and oxygen atoms in total. The Morgan fingerprint density at radius 3 is 2.44 bits per heavy atom. The van der Waals surface area contributed by atoms with Crippen molar-refractivity contribution in [1.82, 2.24) is 5.32 Å². The summed E-state index contributed by atoms with van der Waals surface area (Å²) < 4.78 is 0. The second-order valence-corrected chi connectivity index (χ2v) is 5.12. The first-order valence-corrected chi connectivity index (χ1v) is 6.78. The highest BCUT2D eigenvalue weighted by molar-refractivity contribution is 7.10. The number of hydrogen-bond donors (Lipinski definition) is 3. The van der Waals surface area contributed by atoms with Crippen LogP contribution >= 0.6 is 11.3 Å². The molecule has 0 aliphatic carbocycles. The zero-order valence-electron chi connectivity index (χ0n) is 10.0. The van der Waals surface area contributed by atoms with Crippen LogP contribution in [-0.4, -0.2) is 16.8 Å². The van der Waals surface area contributed by atoms with Crippen LogP contribution in [-0.2, 0) is 13.2 Å². The molecule has 1 aromatic heterocycles. The van der Waals surface area contributed by atoms with Crippen molar-refractivity contribution in [2.45, 2.75) is 19.3 Å². The molecular weight excluding hydrogens is 246 g/mol. The molecule has 96 valence electrons. The van der Waals surface area contributed by atoms with Crippen LogP contribution in [0.15, 0.2) is 41.8 Å². The fraction of sp³-hybridized carbons (Fsp3) is 0.286. The van der Waals surface area contributed by atoms with E-state index in [9.17, 15) is 5.11 Å². The van der Waals surface area contributed by atoms with Crippen LogP contribution in [0.4, 0.5) is 0 Å². The molecule has 0 aliphatic rings. The van der Waals surface area contributed by atoms with E-state index >= 15 is 0 Å². The first-order chi connectivity index (χ1) is 8.79. The maximum atomic E-state index is 9.88. The van der Waals surface area contributed by atoms with E-state index in [1.807, 2.05) is 41.8 Å². The molecular formula is C14H17NO2S. The van der Waals surface area contributed by atoms with Gasteiger partial charge in [0, 0.05) is 18.0 Å². The number of thiophene rings is 1. The monoisotopic (exact) mass is 263 g/mol. The predicted molar refractivity (Wildman–Crippen MR) is 73.4 cm³/mol. The third kappa shape index (κ3) is 3.65. The van der Waals surface area contributed by atoms with Gasteiger partial charge < -0.3 is 15.5 Å². The Kier molecular flexibility index (Phi) is 4.90. The maximum Gasteiger partial charge on any atom is 0.101 e. The zero-order valence-corrected chi connectivity index (χ0v) is 10.9. The van der Waals surface area contributed by atoms with Gasteiger partial charge in [-0.25, -0.2) is 0 Å². The first kappa shape index (κ1) is 13.2. The molecule has 2 aromatic rings. The van der Waals surface area contributed by atoms with Crippen molar-refractivity contribution < 1.29 is 10.2 Å². The Morgan fingerprint density at radius 1 is 1.11 bits per heavy atom. The summed E-state index contributed by atoms with van der Waals surface area (Å²) in [5.41, 5.74) is 2.06. The van der Waals surface area contributed by atoms with E-state index in [-0.39, 0.29) is 6.61 Å². The van der Waals surface area contributed by atoms with E-state index in [1.165, 1.54) is 0 Å². The highest BCUT2D eigenvalue weighted by Gasteiger charge is 2.07. The van der Waals surface area contributed by atoms with Gasteiger partial charge in [0.2, 0.25) is 0 Å². The Bertz CT molecular complexity index is 453. The molecule has 0 radical (unpaired) electrons.